The number of aryl methyl sites for hydroxylation is 1. The van der Waals surface area contributed by atoms with Crippen molar-refractivity contribution in [3.05, 3.63) is 17.5 Å². The van der Waals surface area contributed by atoms with Gasteiger partial charge < -0.3 is 10.0 Å². The molecule has 2 heterocycles. The molecule has 1 aliphatic rings. The molecule has 1 fully saturated rings. The number of hydrogen-bond donors (Lipinski definition) is 1. The molecule has 1 aromatic rings. The zero-order valence-electron chi connectivity index (χ0n) is 9.88. The Kier molecular flexibility index (Phi) is 2.87. The van der Waals surface area contributed by atoms with E-state index in [9.17, 15) is 9.59 Å². The Morgan fingerprint density at radius 1 is 1.53 bits per heavy atom. The summed E-state index contributed by atoms with van der Waals surface area (Å²) in [5.74, 6) is -0.773. The van der Waals surface area contributed by atoms with E-state index in [4.69, 9.17) is 5.11 Å². The number of likely N-dealkylation sites (tertiary alicyclic amines) is 1. The van der Waals surface area contributed by atoms with Gasteiger partial charge in [-0.2, -0.15) is 5.10 Å². The van der Waals surface area contributed by atoms with Gasteiger partial charge in [0.2, 0.25) is 0 Å². The highest BCUT2D eigenvalue weighted by Crippen LogP contribution is 2.22. The fraction of sp³-hybridized carbons (Fsp3) is 0.545. The molecule has 1 N–H and O–H groups in total. The zero-order chi connectivity index (χ0) is 12.6. The second-order valence-electron chi connectivity index (χ2n) is 4.44. The van der Waals surface area contributed by atoms with Crippen LogP contribution in [0.25, 0.3) is 0 Å². The predicted molar refractivity (Wildman–Crippen MR) is 59.6 cm³/mol. The Morgan fingerprint density at radius 2 is 2.18 bits per heavy atom. The maximum absolute atomic E-state index is 12.0. The van der Waals surface area contributed by atoms with Gasteiger partial charge in [0.15, 0.2) is 0 Å². The molecule has 2 rings (SSSR count). The van der Waals surface area contributed by atoms with E-state index in [1.54, 1.807) is 22.8 Å². The molecule has 0 atom stereocenters. The second-order valence-corrected chi connectivity index (χ2v) is 4.44. The van der Waals surface area contributed by atoms with Gasteiger partial charge in [0, 0.05) is 31.7 Å². The van der Waals surface area contributed by atoms with Crippen molar-refractivity contribution in [2.45, 2.75) is 13.3 Å². The van der Waals surface area contributed by atoms with Crippen molar-refractivity contribution in [2.24, 2.45) is 13.0 Å². The molecule has 17 heavy (non-hydrogen) atoms. The van der Waals surface area contributed by atoms with E-state index in [0.29, 0.717) is 18.7 Å². The lowest BCUT2D eigenvalue weighted by Gasteiger charge is -2.38. The standard InChI is InChI=1S/C11H15N3O3/c1-7-9(4-12-13(7)2)11(17)14-5-8(6-14)3-10(15)16/h4,8H,3,5-6H2,1-2H3,(H,15,16). The van der Waals surface area contributed by atoms with Gasteiger partial charge in [-0.3, -0.25) is 14.3 Å². The van der Waals surface area contributed by atoms with E-state index in [1.165, 1.54) is 0 Å². The van der Waals surface area contributed by atoms with Crippen molar-refractivity contribution in [1.29, 1.82) is 0 Å². The van der Waals surface area contributed by atoms with Gasteiger partial charge in [-0.1, -0.05) is 0 Å². The molecule has 1 saturated heterocycles. The van der Waals surface area contributed by atoms with Crippen LogP contribution in [0.15, 0.2) is 6.20 Å². The number of carboxylic acid groups (broad SMARTS) is 1. The van der Waals surface area contributed by atoms with Crippen molar-refractivity contribution in [2.75, 3.05) is 13.1 Å². The second kappa shape index (κ2) is 4.20. The molecular formula is C11H15N3O3. The Hall–Kier alpha value is -1.85. The van der Waals surface area contributed by atoms with Crippen molar-refractivity contribution in [3.63, 3.8) is 0 Å². The lowest BCUT2D eigenvalue weighted by molar-refractivity contribution is -0.139. The quantitative estimate of drug-likeness (QED) is 0.819. The van der Waals surface area contributed by atoms with Gasteiger partial charge >= 0.3 is 5.97 Å². The zero-order valence-corrected chi connectivity index (χ0v) is 9.88. The molecule has 0 spiro atoms. The normalized spacial score (nSPS) is 15.8. The highest BCUT2D eigenvalue weighted by atomic mass is 16.4. The van der Waals surface area contributed by atoms with Crippen LogP contribution in [0.2, 0.25) is 0 Å². The first-order valence-electron chi connectivity index (χ1n) is 5.48. The van der Waals surface area contributed by atoms with Gasteiger partial charge in [-0.25, -0.2) is 0 Å². The number of rotatable bonds is 3. The van der Waals surface area contributed by atoms with Crippen LogP contribution in [0, 0.1) is 12.8 Å². The Morgan fingerprint density at radius 3 is 2.65 bits per heavy atom. The van der Waals surface area contributed by atoms with E-state index in [-0.39, 0.29) is 18.2 Å². The number of carbonyl (C=O) groups is 2. The van der Waals surface area contributed by atoms with Crippen LogP contribution in [-0.4, -0.2) is 44.8 Å². The van der Waals surface area contributed by atoms with Crippen molar-refractivity contribution in [1.82, 2.24) is 14.7 Å². The predicted octanol–water partition coefficient (Wildman–Crippen LogP) is 0.275. The smallest absolute Gasteiger partial charge is 0.303 e. The number of nitrogens with zero attached hydrogens (tertiary/aromatic N) is 3. The minimum absolute atomic E-state index is 0.0581. The van der Waals surface area contributed by atoms with Crippen molar-refractivity contribution in [3.8, 4) is 0 Å². The van der Waals surface area contributed by atoms with Crippen LogP contribution in [0.5, 0.6) is 0 Å². The topological polar surface area (TPSA) is 75.4 Å². The lowest BCUT2D eigenvalue weighted by atomic mass is 9.95. The average Bonchev–Trinajstić information content (AvgIpc) is 2.52. The fourth-order valence-electron chi connectivity index (χ4n) is 1.99. The van der Waals surface area contributed by atoms with Crippen molar-refractivity contribution >= 4 is 11.9 Å². The molecule has 6 heteroatoms. The van der Waals surface area contributed by atoms with Crippen LogP contribution in [0.3, 0.4) is 0 Å². The number of hydrogen-bond acceptors (Lipinski definition) is 3. The van der Waals surface area contributed by atoms with Crippen LogP contribution in [-0.2, 0) is 11.8 Å². The summed E-state index contributed by atoms with van der Waals surface area (Å²) in [6.07, 6.45) is 1.69. The SMILES string of the molecule is Cc1c(C(=O)N2CC(CC(=O)O)C2)cnn1C. The van der Waals surface area contributed by atoms with Gasteiger partial charge in [0.05, 0.1) is 18.2 Å². The first kappa shape index (κ1) is 11.6. The molecule has 6 nitrogen and oxygen atoms in total. The number of carbonyl (C=O) groups excluding carboxylic acids is 1. The Labute approximate surface area is 98.8 Å². The van der Waals surface area contributed by atoms with E-state index in [2.05, 4.69) is 5.10 Å². The maximum Gasteiger partial charge on any atom is 0.303 e. The third-order valence-corrected chi connectivity index (χ3v) is 3.17. The Balaban J connectivity index is 1.96. The first-order valence-corrected chi connectivity index (χ1v) is 5.48. The fourth-order valence-corrected chi connectivity index (χ4v) is 1.99. The average molecular weight is 237 g/mol. The highest BCUT2D eigenvalue weighted by molar-refractivity contribution is 5.95. The summed E-state index contributed by atoms with van der Waals surface area (Å²) in [5.41, 5.74) is 1.43. The van der Waals surface area contributed by atoms with Crippen molar-refractivity contribution < 1.29 is 14.7 Å². The highest BCUT2D eigenvalue weighted by Gasteiger charge is 2.33. The first-order chi connectivity index (χ1) is 7.99. The molecule has 1 aliphatic heterocycles. The van der Waals surface area contributed by atoms with E-state index >= 15 is 0 Å². The van der Waals surface area contributed by atoms with Crippen LogP contribution < -0.4 is 0 Å². The molecule has 0 unspecified atom stereocenters. The molecule has 92 valence electrons. The lowest BCUT2D eigenvalue weighted by Crippen LogP contribution is -2.50. The number of carboxylic acids is 1. The summed E-state index contributed by atoms with van der Waals surface area (Å²) in [6.45, 7) is 2.90. The van der Waals surface area contributed by atoms with E-state index in [0.717, 1.165) is 5.69 Å². The summed E-state index contributed by atoms with van der Waals surface area (Å²) in [6, 6.07) is 0. The largest absolute Gasteiger partial charge is 0.481 e. The minimum atomic E-state index is -0.806. The molecule has 0 aromatic carbocycles. The van der Waals surface area contributed by atoms with Gasteiger partial charge in [-0.05, 0) is 6.92 Å². The molecule has 1 aromatic heterocycles. The third-order valence-electron chi connectivity index (χ3n) is 3.17. The van der Waals surface area contributed by atoms with E-state index in [1.807, 2.05) is 6.92 Å². The summed E-state index contributed by atoms with van der Waals surface area (Å²) < 4.78 is 1.65. The number of aliphatic carboxylic acids is 1. The summed E-state index contributed by atoms with van der Waals surface area (Å²) in [5, 5.41) is 12.6. The number of amides is 1. The molecule has 0 saturated carbocycles. The Bertz CT molecular complexity index is 461. The molecular weight excluding hydrogens is 222 g/mol. The molecule has 0 aliphatic carbocycles. The summed E-state index contributed by atoms with van der Waals surface area (Å²) >= 11 is 0. The molecule has 0 radical (unpaired) electrons. The number of aromatic nitrogens is 2. The van der Waals surface area contributed by atoms with Crippen LogP contribution in [0.4, 0.5) is 0 Å². The van der Waals surface area contributed by atoms with Gasteiger partial charge in [0.25, 0.3) is 5.91 Å². The maximum atomic E-state index is 12.0. The van der Waals surface area contributed by atoms with E-state index < -0.39 is 5.97 Å². The molecule has 1 amide bonds. The monoisotopic (exact) mass is 237 g/mol. The summed E-state index contributed by atoms with van der Waals surface area (Å²) in [7, 11) is 1.79. The minimum Gasteiger partial charge on any atom is -0.481 e. The summed E-state index contributed by atoms with van der Waals surface area (Å²) in [4.78, 5) is 24.2. The third kappa shape index (κ3) is 2.15. The van der Waals surface area contributed by atoms with Crippen LogP contribution >= 0.6 is 0 Å². The molecule has 0 bridgehead atoms. The van der Waals surface area contributed by atoms with Crippen LogP contribution in [0.1, 0.15) is 22.5 Å². The van der Waals surface area contributed by atoms with Gasteiger partial charge in [0.1, 0.15) is 0 Å². The van der Waals surface area contributed by atoms with Gasteiger partial charge in [-0.15, -0.1) is 0 Å².